The van der Waals surface area contributed by atoms with E-state index in [1.54, 1.807) is 12.1 Å². The van der Waals surface area contributed by atoms with Crippen molar-refractivity contribution in [3.63, 3.8) is 0 Å². The first-order chi connectivity index (χ1) is 9.47. The van der Waals surface area contributed by atoms with Crippen LogP contribution in [0.4, 0.5) is 10.1 Å². The van der Waals surface area contributed by atoms with E-state index in [4.69, 9.17) is 0 Å². The monoisotopic (exact) mass is 278 g/mol. The molecule has 0 bridgehead atoms. The summed E-state index contributed by atoms with van der Waals surface area (Å²) < 4.78 is 14.0. The Morgan fingerprint density at radius 3 is 2.80 bits per heavy atom. The van der Waals surface area contributed by atoms with E-state index >= 15 is 0 Å². The van der Waals surface area contributed by atoms with Gasteiger partial charge in [-0.1, -0.05) is 13.0 Å². The topological polar surface area (TPSA) is 32.3 Å². The summed E-state index contributed by atoms with van der Waals surface area (Å²) in [4.78, 5) is 14.6. The van der Waals surface area contributed by atoms with Crippen LogP contribution < -0.4 is 5.32 Å². The molecule has 1 fully saturated rings. The molecule has 1 aliphatic heterocycles. The molecule has 0 atom stereocenters. The van der Waals surface area contributed by atoms with Gasteiger partial charge in [0.05, 0.1) is 11.3 Å². The van der Waals surface area contributed by atoms with Gasteiger partial charge in [0, 0.05) is 18.6 Å². The van der Waals surface area contributed by atoms with Gasteiger partial charge in [0.15, 0.2) is 0 Å². The third-order valence-electron chi connectivity index (χ3n) is 3.94. The van der Waals surface area contributed by atoms with Crippen molar-refractivity contribution in [1.82, 2.24) is 4.90 Å². The van der Waals surface area contributed by atoms with Crippen LogP contribution in [0.2, 0.25) is 0 Å². The van der Waals surface area contributed by atoms with Gasteiger partial charge in [-0.05, 0) is 45.2 Å². The second kappa shape index (κ2) is 5.81. The average Bonchev–Trinajstić information content (AvgIpc) is 2.76. The summed E-state index contributed by atoms with van der Waals surface area (Å²) in [6, 6.07) is 4.70. The molecule has 1 amide bonds. The molecule has 0 spiro atoms. The Balaban J connectivity index is 2.32. The van der Waals surface area contributed by atoms with Crippen molar-refractivity contribution < 1.29 is 9.18 Å². The summed E-state index contributed by atoms with van der Waals surface area (Å²) in [7, 11) is 0. The summed E-state index contributed by atoms with van der Waals surface area (Å²) in [5, 5.41) is 3.04. The number of anilines is 1. The van der Waals surface area contributed by atoms with Crippen molar-refractivity contribution in [3.05, 3.63) is 29.6 Å². The third kappa shape index (κ3) is 2.79. The number of hydrogen-bond acceptors (Lipinski definition) is 2. The van der Waals surface area contributed by atoms with Crippen LogP contribution in [0.1, 0.15) is 50.4 Å². The van der Waals surface area contributed by atoms with Crippen LogP contribution in [0.15, 0.2) is 18.2 Å². The molecule has 0 aromatic heterocycles. The van der Waals surface area contributed by atoms with E-state index < -0.39 is 0 Å². The summed E-state index contributed by atoms with van der Waals surface area (Å²) >= 11 is 0. The summed E-state index contributed by atoms with van der Waals surface area (Å²) in [5.41, 5.74) is 0.626. The van der Waals surface area contributed by atoms with Crippen LogP contribution >= 0.6 is 0 Å². The number of carbonyl (C=O) groups excluding carboxylic acids is 1. The molecular weight excluding hydrogens is 255 g/mol. The Labute approximate surface area is 120 Å². The molecular formula is C16H23FN2O. The number of hydrogen-bond donors (Lipinski definition) is 1. The van der Waals surface area contributed by atoms with E-state index in [0.29, 0.717) is 17.8 Å². The predicted octanol–water partition coefficient (Wildman–Crippen LogP) is 3.66. The number of carbonyl (C=O) groups is 1. The Morgan fingerprint density at radius 1 is 1.45 bits per heavy atom. The van der Waals surface area contributed by atoms with Gasteiger partial charge < -0.3 is 10.2 Å². The van der Waals surface area contributed by atoms with E-state index in [9.17, 15) is 9.18 Å². The molecule has 1 saturated heterocycles. The fraction of sp³-hybridized carbons (Fsp3) is 0.562. The summed E-state index contributed by atoms with van der Waals surface area (Å²) in [6.07, 6.45) is 2.88. The Kier molecular flexibility index (Phi) is 4.31. The maximum Gasteiger partial charge on any atom is 0.256 e. The molecule has 1 N–H and O–H groups in total. The summed E-state index contributed by atoms with van der Waals surface area (Å²) in [5.74, 6) is -0.438. The highest BCUT2D eigenvalue weighted by atomic mass is 19.1. The van der Waals surface area contributed by atoms with E-state index in [2.05, 4.69) is 19.2 Å². The van der Waals surface area contributed by atoms with Crippen molar-refractivity contribution in [2.24, 2.45) is 0 Å². The largest absolute Gasteiger partial charge is 0.382 e. The highest BCUT2D eigenvalue weighted by Crippen LogP contribution is 2.31. The van der Waals surface area contributed by atoms with Crippen molar-refractivity contribution >= 4 is 11.6 Å². The maximum atomic E-state index is 14.0. The van der Waals surface area contributed by atoms with Crippen LogP contribution in [0, 0.1) is 5.82 Å². The smallest absolute Gasteiger partial charge is 0.256 e. The lowest BCUT2D eigenvalue weighted by atomic mass is 10.0. The minimum Gasteiger partial charge on any atom is -0.382 e. The fourth-order valence-corrected chi connectivity index (χ4v) is 2.76. The SMILES string of the molecule is CCCNc1c(F)cccc1C(=O)N1CCCC1(C)C. The van der Waals surface area contributed by atoms with Crippen LogP contribution in [-0.4, -0.2) is 29.4 Å². The number of halogens is 1. The Bertz CT molecular complexity index is 499. The molecule has 20 heavy (non-hydrogen) atoms. The second-order valence-electron chi connectivity index (χ2n) is 5.96. The van der Waals surface area contributed by atoms with Gasteiger partial charge in [-0.15, -0.1) is 0 Å². The first kappa shape index (κ1) is 14.8. The lowest BCUT2D eigenvalue weighted by Gasteiger charge is -2.32. The lowest BCUT2D eigenvalue weighted by Crippen LogP contribution is -2.42. The van der Waals surface area contributed by atoms with Gasteiger partial charge in [0.1, 0.15) is 5.82 Å². The average molecular weight is 278 g/mol. The molecule has 0 aliphatic carbocycles. The molecule has 1 aromatic carbocycles. The number of rotatable bonds is 4. The number of para-hydroxylation sites is 1. The van der Waals surface area contributed by atoms with E-state index in [1.807, 2.05) is 11.8 Å². The quantitative estimate of drug-likeness (QED) is 0.911. The van der Waals surface area contributed by atoms with Crippen molar-refractivity contribution in [2.45, 2.75) is 45.6 Å². The Morgan fingerprint density at radius 2 is 2.20 bits per heavy atom. The zero-order valence-corrected chi connectivity index (χ0v) is 12.5. The molecule has 4 heteroatoms. The van der Waals surface area contributed by atoms with Gasteiger partial charge in [-0.25, -0.2) is 4.39 Å². The van der Waals surface area contributed by atoms with Crippen molar-refractivity contribution in [3.8, 4) is 0 Å². The second-order valence-corrected chi connectivity index (χ2v) is 5.96. The van der Waals surface area contributed by atoms with E-state index in [-0.39, 0.29) is 17.3 Å². The minimum atomic E-state index is -0.360. The molecule has 0 saturated carbocycles. The highest BCUT2D eigenvalue weighted by molar-refractivity contribution is 6.00. The molecule has 0 unspecified atom stereocenters. The number of benzene rings is 1. The lowest BCUT2D eigenvalue weighted by molar-refractivity contribution is 0.0652. The van der Waals surface area contributed by atoms with Gasteiger partial charge in [-0.2, -0.15) is 0 Å². The molecule has 1 aliphatic rings. The van der Waals surface area contributed by atoms with Gasteiger partial charge >= 0.3 is 0 Å². The molecule has 1 heterocycles. The van der Waals surface area contributed by atoms with Crippen LogP contribution in [-0.2, 0) is 0 Å². The van der Waals surface area contributed by atoms with Crippen LogP contribution in [0.3, 0.4) is 0 Å². The molecule has 110 valence electrons. The number of likely N-dealkylation sites (tertiary alicyclic amines) is 1. The Hall–Kier alpha value is -1.58. The first-order valence-electron chi connectivity index (χ1n) is 7.31. The normalized spacial score (nSPS) is 17.3. The van der Waals surface area contributed by atoms with Gasteiger partial charge in [0.2, 0.25) is 0 Å². The minimum absolute atomic E-state index is 0.0781. The first-order valence-corrected chi connectivity index (χ1v) is 7.31. The predicted molar refractivity (Wildman–Crippen MR) is 79.5 cm³/mol. The van der Waals surface area contributed by atoms with Gasteiger partial charge in [0.25, 0.3) is 5.91 Å². The number of nitrogens with zero attached hydrogens (tertiary/aromatic N) is 1. The molecule has 0 radical (unpaired) electrons. The zero-order chi connectivity index (χ0) is 14.8. The molecule has 3 nitrogen and oxygen atoms in total. The number of amides is 1. The van der Waals surface area contributed by atoms with Crippen molar-refractivity contribution in [1.29, 1.82) is 0 Å². The molecule has 2 rings (SSSR count). The zero-order valence-electron chi connectivity index (χ0n) is 12.5. The standard InChI is InChI=1S/C16H23FN2O/c1-4-10-18-14-12(7-5-8-13(14)17)15(20)19-11-6-9-16(19,2)3/h5,7-8,18H,4,6,9-11H2,1-3H3. The van der Waals surface area contributed by atoms with Crippen molar-refractivity contribution in [2.75, 3.05) is 18.4 Å². The number of nitrogens with one attached hydrogen (secondary N) is 1. The van der Waals surface area contributed by atoms with E-state index in [1.165, 1.54) is 6.07 Å². The van der Waals surface area contributed by atoms with Crippen LogP contribution in [0.25, 0.3) is 0 Å². The summed E-state index contributed by atoms with van der Waals surface area (Å²) in [6.45, 7) is 7.55. The van der Waals surface area contributed by atoms with E-state index in [0.717, 1.165) is 25.8 Å². The fourth-order valence-electron chi connectivity index (χ4n) is 2.76. The van der Waals surface area contributed by atoms with Gasteiger partial charge in [-0.3, -0.25) is 4.79 Å². The van der Waals surface area contributed by atoms with Crippen LogP contribution in [0.5, 0.6) is 0 Å². The highest BCUT2D eigenvalue weighted by Gasteiger charge is 2.36. The maximum absolute atomic E-state index is 14.0. The molecule has 1 aromatic rings. The third-order valence-corrected chi connectivity index (χ3v) is 3.94.